The second kappa shape index (κ2) is 8.04. The van der Waals surface area contributed by atoms with Crippen LogP contribution in [-0.2, 0) is 16.1 Å². The molecule has 2 aromatic rings. The Morgan fingerprint density at radius 1 is 1.11 bits per heavy atom. The van der Waals surface area contributed by atoms with Gasteiger partial charge in [0, 0.05) is 37.4 Å². The molecule has 2 fully saturated rings. The van der Waals surface area contributed by atoms with E-state index in [1.807, 2.05) is 17.0 Å². The molecule has 27 heavy (non-hydrogen) atoms. The Balaban J connectivity index is 1.38. The largest absolute Gasteiger partial charge is 0.378 e. The maximum atomic E-state index is 12.4. The van der Waals surface area contributed by atoms with Crippen LogP contribution in [0.5, 0.6) is 0 Å². The molecule has 4 rings (SSSR count). The Kier molecular flexibility index (Phi) is 5.33. The first-order valence-electron chi connectivity index (χ1n) is 9.68. The monoisotopic (exact) mass is 370 g/mol. The van der Waals surface area contributed by atoms with Gasteiger partial charge in [0.2, 0.25) is 11.7 Å². The maximum Gasteiger partial charge on any atom is 0.246 e. The van der Waals surface area contributed by atoms with Crippen LogP contribution in [-0.4, -0.2) is 70.4 Å². The van der Waals surface area contributed by atoms with Gasteiger partial charge >= 0.3 is 0 Å². The van der Waals surface area contributed by atoms with Gasteiger partial charge in [0.05, 0.1) is 13.2 Å². The Bertz CT molecular complexity index is 761. The molecule has 0 saturated carbocycles. The van der Waals surface area contributed by atoms with Gasteiger partial charge in [0.25, 0.3) is 0 Å². The standard InChI is InChI=1S/C19H26N6O2/c1-15-6-8-24(9-7-15)18(26)14-25-21-19(20-22-25)16-2-4-17(5-3-16)23-10-12-27-13-11-23/h2-5,15H,6-14H2,1H3. The Morgan fingerprint density at radius 3 is 2.52 bits per heavy atom. The average molecular weight is 370 g/mol. The van der Waals surface area contributed by atoms with Gasteiger partial charge in [-0.2, -0.15) is 4.80 Å². The zero-order chi connectivity index (χ0) is 18.6. The van der Waals surface area contributed by atoms with Crippen LogP contribution in [0.1, 0.15) is 19.8 Å². The number of likely N-dealkylation sites (tertiary alicyclic amines) is 1. The fourth-order valence-corrected chi connectivity index (χ4v) is 3.55. The number of anilines is 1. The number of piperidine rings is 1. The summed E-state index contributed by atoms with van der Waals surface area (Å²) in [6.45, 7) is 7.37. The molecule has 0 unspecified atom stereocenters. The van der Waals surface area contributed by atoms with E-state index in [1.54, 1.807) is 0 Å². The molecule has 1 amide bonds. The van der Waals surface area contributed by atoms with E-state index in [4.69, 9.17) is 4.74 Å². The zero-order valence-corrected chi connectivity index (χ0v) is 15.8. The van der Waals surface area contributed by atoms with Gasteiger partial charge in [-0.15, -0.1) is 10.2 Å². The minimum atomic E-state index is 0.0634. The van der Waals surface area contributed by atoms with Crippen molar-refractivity contribution in [3.8, 4) is 11.4 Å². The third-order valence-corrected chi connectivity index (χ3v) is 5.37. The molecular weight excluding hydrogens is 344 g/mol. The molecule has 0 bridgehead atoms. The highest BCUT2D eigenvalue weighted by atomic mass is 16.5. The molecule has 0 radical (unpaired) electrons. The van der Waals surface area contributed by atoms with E-state index in [0.29, 0.717) is 11.7 Å². The lowest BCUT2D eigenvalue weighted by Gasteiger charge is -2.30. The van der Waals surface area contributed by atoms with Crippen LogP contribution in [0, 0.1) is 5.92 Å². The summed E-state index contributed by atoms with van der Waals surface area (Å²) < 4.78 is 5.39. The van der Waals surface area contributed by atoms with Crippen LogP contribution in [0.15, 0.2) is 24.3 Å². The first kappa shape index (κ1) is 17.9. The van der Waals surface area contributed by atoms with Crippen LogP contribution in [0.25, 0.3) is 11.4 Å². The van der Waals surface area contributed by atoms with E-state index in [0.717, 1.165) is 57.8 Å². The Labute approximate surface area is 159 Å². The second-order valence-corrected chi connectivity index (χ2v) is 7.35. The van der Waals surface area contributed by atoms with Crippen molar-refractivity contribution in [2.75, 3.05) is 44.3 Å². The van der Waals surface area contributed by atoms with Crippen molar-refractivity contribution in [1.82, 2.24) is 25.1 Å². The van der Waals surface area contributed by atoms with Gasteiger partial charge in [0.15, 0.2) is 0 Å². The van der Waals surface area contributed by atoms with Gasteiger partial charge in [-0.05, 0) is 48.2 Å². The molecule has 8 heteroatoms. The van der Waals surface area contributed by atoms with Crippen molar-refractivity contribution in [2.24, 2.45) is 5.92 Å². The van der Waals surface area contributed by atoms with Crippen LogP contribution >= 0.6 is 0 Å². The normalized spacial score (nSPS) is 18.7. The molecule has 2 aliphatic heterocycles. The number of aromatic nitrogens is 4. The highest BCUT2D eigenvalue weighted by Gasteiger charge is 2.21. The van der Waals surface area contributed by atoms with Crippen LogP contribution in [0.4, 0.5) is 5.69 Å². The Hall–Kier alpha value is -2.48. The van der Waals surface area contributed by atoms with Gasteiger partial charge in [0.1, 0.15) is 6.54 Å². The molecule has 8 nitrogen and oxygen atoms in total. The van der Waals surface area contributed by atoms with Crippen molar-refractivity contribution in [1.29, 1.82) is 0 Å². The molecular formula is C19H26N6O2. The van der Waals surface area contributed by atoms with Crippen molar-refractivity contribution >= 4 is 11.6 Å². The number of ether oxygens (including phenoxy) is 1. The van der Waals surface area contributed by atoms with Crippen LogP contribution in [0.3, 0.4) is 0 Å². The summed E-state index contributed by atoms with van der Waals surface area (Å²) in [5, 5.41) is 12.6. The van der Waals surface area contributed by atoms with Gasteiger partial charge in [-0.25, -0.2) is 0 Å². The molecule has 3 heterocycles. The third-order valence-electron chi connectivity index (χ3n) is 5.37. The number of nitrogens with zero attached hydrogens (tertiary/aromatic N) is 6. The lowest BCUT2D eigenvalue weighted by Crippen LogP contribution is -2.40. The number of carbonyl (C=O) groups excluding carboxylic acids is 1. The average Bonchev–Trinajstić information content (AvgIpc) is 3.18. The van der Waals surface area contributed by atoms with E-state index < -0.39 is 0 Å². The lowest BCUT2D eigenvalue weighted by atomic mass is 9.99. The first-order chi connectivity index (χ1) is 13.2. The molecule has 1 aromatic carbocycles. The van der Waals surface area contributed by atoms with Crippen LogP contribution < -0.4 is 4.90 Å². The lowest BCUT2D eigenvalue weighted by molar-refractivity contribution is -0.133. The van der Waals surface area contributed by atoms with Crippen molar-refractivity contribution in [3.63, 3.8) is 0 Å². The number of hydrogen-bond acceptors (Lipinski definition) is 6. The summed E-state index contributed by atoms with van der Waals surface area (Å²) in [6, 6.07) is 8.14. The first-order valence-corrected chi connectivity index (χ1v) is 9.68. The van der Waals surface area contributed by atoms with Crippen molar-refractivity contribution in [3.05, 3.63) is 24.3 Å². The van der Waals surface area contributed by atoms with E-state index in [1.165, 1.54) is 10.5 Å². The number of carbonyl (C=O) groups is 1. The predicted octanol–water partition coefficient (Wildman–Crippen LogP) is 1.44. The summed E-state index contributed by atoms with van der Waals surface area (Å²) in [5.41, 5.74) is 2.07. The summed E-state index contributed by atoms with van der Waals surface area (Å²) in [4.78, 5) is 18.0. The van der Waals surface area contributed by atoms with Crippen molar-refractivity contribution in [2.45, 2.75) is 26.3 Å². The molecule has 1 aromatic heterocycles. The number of amides is 1. The molecule has 2 saturated heterocycles. The molecule has 2 aliphatic rings. The van der Waals surface area contributed by atoms with Gasteiger partial charge in [-0.3, -0.25) is 4.79 Å². The quantitative estimate of drug-likeness (QED) is 0.811. The summed E-state index contributed by atoms with van der Waals surface area (Å²) in [6.07, 6.45) is 2.13. The second-order valence-electron chi connectivity index (χ2n) is 7.35. The van der Waals surface area contributed by atoms with Crippen LogP contribution in [0.2, 0.25) is 0 Å². The van der Waals surface area contributed by atoms with Gasteiger partial charge in [-0.1, -0.05) is 6.92 Å². The minimum absolute atomic E-state index is 0.0634. The van der Waals surface area contributed by atoms with Crippen molar-refractivity contribution < 1.29 is 9.53 Å². The predicted molar refractivity (Wildman–Crippen MR) is 101 cm³/mol. The fourth-order valence-electron chi connectivity index (χ4n) is 3.55. The zero-order valence-electron chi connectivity index (χ0n) is 15.8. The summed E-state index contributed by atoms with van der Waals surface area (Å²) >= 11 is 0. The smallest absolute Gasteiger partial charge is 0.246 e. The SMILES string of the molecule is CC1CCN(C(=O)Cn2nnc(-c3ccc(N4CCOCC4)cc3)n2)CC1. The number of morpholine rings is 1. The molecule has 0 aliphatic carbocycles. The number of hydrogen-bond donors (Lipinski definition) is 0. The number of tetrazole rings is 1. The van der Waals surface area contributed by atoms with E-state index in [2.05, 4.69) is 39.4 Å². The van der Waals surface area contributed by atoms with E-state index in [9.17, 15) is 4.79 Å². The van der Waals surface area contributed by atoms with Gasteiger partial charge < -0.3 is 14.5 Å². The third kappa shape index (κ3) is 4.27. The minimum Gasteiger partial charge on any atom is -0.378 e. The Morgan fingerprint density at radius 2 is 1.81 bits per heavy atom. The summed E-state index contributed by atoms with van der Waals surface area (Å²) in [7, 11) is 0. The highest BCUT2D eigenvalue weighted by molar-refractivity contribution is 5.75. The molecule has 0 spiro atoms. The number of rotatable bonds is 4. The van der Waals surface area contributed by atoms with E-state index >= 15 is 0 Å². The maximum absolute atomic E-state index is 12.4. The molecule has 0 N–H and O–H groups in total. The fraction of sp³-hybridized carbons (Fsp3) is 0.579. The molecule has 144 valence electrons. The molecule has 0 atom stereocenters. The highest BCUT2D eigenvalue weighted by Crippen LogP contribution is 2.21. The number of benzene rings is 1. The van der Waals surface area contributed by atoms with E-state index in [-0.39, 0.29) is 12.5 Å². The summed E-state index contributed by atoms with van der Waals surface area (Å²) in [5.74, 6) is 1.31. The topological polar surface area (TPSA) is 76.4 Å².